The van der Waals surface area contributed by atoms with Crippen molar-refractivity contribution in [1.29, 1.82) is 0 Å². The first kappa shape index (κ1) is 7.92. The summed E-state index contributed by atoms with van der Waals surface area (Å²) in [6, 6.07) is 10.0. The Morgan fingerprint density at radius 3 is 2.60 bits per heavy atom. The smallest absolute Gasteiger partial charge is 0.135 e. The van der Waals surface area contributed by atoms with Gasteiger partial charge in [-0.2, -0.15) is 0 Å². The number of halogens is 1. The Labute approximate surface area is 69.5 Å². The predicted molar refractivity (Wildman–Crippen MR) is 44.1 cm³/mol. The first-order valence-electron chi connectivity index (χ1n) is 2.84. The predicted octanol–water partition coefficient (Wildman–Crippen LogP) is 2.91. The fraction of sp³-hybridized carbons (Fsp3) is 0.143. The van der Waals surface area contributed by atoms with Crippen molar-refractivity contribution in [3.05, 3.63) is 30.3 Å². The lowest BCUT2D eigenvalue weighted by atomic mass is 10.4. The van der Waals surface area contributed by atoms with Crippen molar-refractivity contribution in [3.63, 3.8) is 0 Å². The zero-order valence-electron chi connectivity index (χ0n) is 5.29. The van der Waals surface area contributed by atoms with E-state index in [1.165, 1.54) is 12.0 Å². The molecule has 0 radical (unpaired) electrons. The number of rotatable bonds is 3. The van der Waals surface area contributed by atoms with Crippen LogP contribution in [0.15, 0.2) is 35.2 Å². The van der Waals surface area contributed by atoms with Crippen LogP contribution in [0.2, 0.25) is 0 Å². The molecule has 1 aromatic carbocycles. The maximum Gasteiger partial charge on any atom is 0.135 e. The number of alkyl halides is 1. The molecule has 0 amide bonds. The first-order valence-corrected chi connectivity index (χ1v) is 4.11. The van der Waals surface area contributed by atoms with Gasteiger partial charge in [0.2, 0.25) is 0 Å². The van der Waals surface area contributed by atoms with Crippen LogP contribution in [0.4, 0.5) is 0 Å². The molecule has 1 aromatic rings. The maximum absolute atomic E-state index is 5.31. The molecule has 1 nitrogen and oxygen atoms in total. The molecule has 0 aliphatic rings. The molecule has 0 atom stereocenters. The highest BCUT2D eigenvalue weighted by Crippen LogP contribution is 2.17. The van der Waals surface area contributed by atoms with E-state index in [-0.39, 0.29) is 6.07 Å². The summed E-state index contributed by atoms with van der Waals surface area (Å²) in [6.07, 6.45) is 0. The van der Waals surface area contributed by atoms with Crippen LogP contribution >= 0.6 is 23.6 Å². The minimum Gasteiger partial charge on any atom is -0.294 e. The van der Waals surface area contributed by atoms with Crippen LogP contribution in [-0.2, 0) is 4.18 Å². The van der Waals surface area contributed by atoms with E-state index in [1.54, 1.807) is 0 Å². The molecule has 0 aromatic heterocycles. The quantitative estimate of drug-likeness (QED) is 0.515. The zero-order valence-corrected chi connectivity index (χ0v) is 6.86. The standard InChI is InChI=1S/C7H7ClOS/c8-6-9-10-7-4-2-1-3-5-7/h1-5H,6H2. The molecule has 1 rings (SSSR count). The third kappa shape index (κ3) is 2.60. The molecule has 0 bridgehead atoms. The fourth-order valence-electron chi connectivity index (χ4n) is 0.566. The van der Waals surface area contributed by atoms with E-state index >= 15 is 0 Å². The monoisotopic (exact) mass is 174 g/mol. The highest BCUT2D eigenvalue weighted by molar-refractivity contribution is 7.94. The Morgan fingerprint density at radius 2 is 2.00 bits per heavy atom. The van der Waals surface area contributed by atoms with Crippen LogP contribution < -0.4 is 0 Å². The van der Waals surface area contributed by atoms with Gasteiger partial charge in [0.25, 0.3) is 0 Å². The Kier molecular flexibility index (Phi) is 3.65. The highest BCUT2D eigenvalue weighted by atomic mass is 35.5. The van der Waals surface area contributed by atoms with Gasteiger partial charge in [0.1, 0.15) is 6.07 Å². The molecule has 0 N–H and O–H groups in total. The molecule has 54 valence electrons. The molecular formula is C7H7ClOS. The summed E-state index contributed by atoms with van der Waals surface area (Å²) in [5.41, 5.74) is 0. The van der Waals surface area contributed by atoms with Gasteiger partial charge in [-0.1, -0.05) is 29.8 Å². The molecule has 3 heteroatoms. The summed E-state index contributed by atoms with van der Waals surface area (Å²) in [7, 11) is 0. The second-order valence-corrected chi connectivity index (χ2v) is 2.72. The Hall–Kier alpha value is -0.180. The van der Waals surface area contributed by atoms with Crippen LogP contribution in [0.25, 0.3) is 0 Å². The van der Waals surface area contributed by atoms with Gasteiger partial charge >= 0.3 is 0 Å². The molecule has 0 aliphatic heterocycles. The van der Waals surface area contributed by atoms with E-state index in [0.717, 1.165) is 4.90 Å². The largest absolute Gasteiger partial charge is 0.294 e. The van der Waals surface area contributed by atoms with Crippen molar-refractivity contribution in [1.82, 2.24) is 0 Å². The lowest BCUT2D eigenvalue weighted by Gasteiger charge is -1.95. The van der Waals surface area contributed by atoms with Gasteiger partial charge < -0.3 is 0 Å². The normalized spacial score (nSPS) is 9.70. The minimum absolute atomic E-state index is 0.222. The van der Waals surface area contributed by atoms with E-state index in [4.69, 9.17) is 15.8 Å². The van der Waals surface area contributed by atoms with Crippen LogP contribution in [0.3, 0.4) is 0 Å². The molecule has 0 saturated carbocycles. The Bertz CT molecular complexity index is 178. The van der Waals surface area contributed by atoms with Crippen LogP contribution in [-0.4, -0.2) is 6.07 Å². The lowest BCUT2D eigenvalue weighted by molar-refractivity contribution is 0.458. The minimum atomic E-state index is 0.222. The molecule has 0 aliphatic carbocycles. The van der Waals surface area contributed by atoms with Gasteiger partial charge in [-0.25, -0.2) is 0 Å². The van der Waals surface area contributed by atoms with Gasteiger partial charge in [0.05, 0.1) is 0 Å². The molecule has 0 saturated heterocycles. The molecule has 10 heavy (non-hydrogen) atoms. The summed E-state index contributed by atoms with van der Waals surface area (Å²) in [4.78, 5) is 1.07. The van der Waals surface area contributed by atoms with Crippen LogP contribution in [0, 0.1) is 0 Å². The summed E-state index contributed by atoms with van der Waals surface area (Å²) < 4.78 is 4.90. The van der Waals surface area contributed by atoms with Gasteiger partial charge in [0.15, 0.2) is 0 Å². The topological polar surface area (TPSA) is 9.23 Å². The van der Waals surface area contributed by atoms with Crippen molar-refractivity contribution >= 4 is 23.6 Å². The van der Waals surface area contributed by atoms with Crippen LogP contribution in [0.5, 0.6) is 0 Å². The van der Waals surface area contributed by atoms with E-state index in [2.05, 4.69) is 0 Å². The zero-order chi connectivity index (χ0) is 7.23. The summed E-state index contributed by atoms with van der Waals surface area (Å²) in [6.45, 7) is 0. The number of hydrogen-bond acceptors (Lipinski definition) is 2. The summed E-state index contributed by atoms with van der Waals surface area (Å²) in [5, 5.41) is 0. The fourth-order valence-corrected chi connectivity index (χ4v) is 1.15. The van der Waals surface area contributed by atoms with E-state index in [0.29, 0.717) is 0 Å². The second kappa shape index (κ2) is 4.61. The molecule has 0 spiro atoms. The maximum atomic E-state index is 5.31. The second-order valence-electron chi connectivity index (χ2n) is 1.62. The van der Waals surface area contributed by atoms with Gasteiger partial charge in [0, 0.05) is 16.9 Å². The molecule has 0 unspecified atom stereocenters. The SMILES string of the molecule is ClCOSc1ccccc1. The van der Waals surface area contributed by atoms with Crippen molar-refractivity contribution in [3.8, 4) is 0 Å². The molecule has 0 heterocycles. The van der Waals surface area contributed by atoms with E-state index in [1.807, 2.05) is 30.3 Å². The van der Waals surface area contributed by atoms with Crippen molar-refractivity contribution in [2.24, 2.45) is 0 Å². The van der Waals surface area contributed by atoms with Gasteiger partial charge in [-0.15, -0.1) is 0 Å². The lowest BCUT2D eigenvalue weighted by Crippen LogP contribution is -1.73. The van der Waals surface area contributed by atoms with E-state index < -0.39 is 0 Å². The van der Waals surface area contributed by atoms with Gasteiger partial charge in [-0.05, 0) is 12.1 Å². The summed E-state index contributed by atoms with van der Waals surface area (Å²) >= 11 is 6.60. The first-order chi connectivity index (χ1) is 4.93. The Morgan fingerprint density at radius 1 is 1.30 bits per heavy atom. The number of benzene rings is 1. The average Bonchev–Trinajstić information content (AvgIpc) is 2.03. The number of hydrogen-bond donors (Lipinski definition) is 0. The van der Waals surface area contributed by atoms with Crippen molar-refractivity contribution in [2.75, 3.05) is 6.07 Å². The molecular weight excluding hydrogens is 168 g/mol. The summed E-state index contributed by atoms with van der Waals surface area (Å²) in [5.74, 6) is 0. The molecule has 0 fully saturated rings. The third-order valence-corrected chi connectivity index (χ3v) is 1.88. The van der Waals surface area contributed by atoms with Crippen molar-refractivity contribution < 1.29 is 4.18 Å². The third-order valence-electron chi connectivity index (χ3n) is 0.943. The highest BCUT2D eigenvalue weighted by Gasteiger charge is 1.89. The van der Waals surface area contributed by atoms with Crippen molar-refractivity contribution in [2.45, 2.75) is 4.90 Å². The average molecular weight is 175 g/mol. The van der Waals surface area contributed by atoms with Crippen LogP contribution in [0.1, 0.15) is 0 Å². The Balaban J connectivity index is 2.43. The van der Waals surface area contributed by atoms with E-state index in [9.17, 15) is 0 Å². The van der Waals surface area contributed by atoms with Gasteiger partial charge in [-0.3, -0.25) is 4.18 Å².